The fraction of sp³-hybridized carbons (Fsp3) is 0.579. The highest BCUT2D eigenvalue weighted by molar-refractivity contribution is 6.03. The van der Waals surface area contributed by atoms with Crippen molar-refractivity contribution in [2.24, 2.45) is 10.9 Å². The summed E-state index contributed by atoms with van der Waals surface area (Å²) in [7, 11) is 2.20. The van der Waals surface area contributed by atoms with Crippen molar-refractivity contribution in [3.05, 3.63) is 30.0 Å². The van der Waals surface area contributed by atoms with E-state index in [1.807, 2.05) is 0 Å². The molecule has 0 radical (unpaired) electrons. The molecule has 0 amide bonds. The molecule has 2 aromatic rings. The van der Waals surface area contributed by atoms with Crippen molar-refractivity contribution in [2.75, 3.05) is 26.7 Å². The molecular formula is C19H26N4. The van der Waals surface area contributed by atoms with Crippen molar-refractivity contribution >= 4 is 16.6 Å². The molecule has 4 nitrogen and oxygen atoms in total. The van der Waals surface area contributed by atoms with Crippen LogP contribution in [-0.2, 0) is 0 Å². The van der Waals surface area contributed by atoms with Crippen molar-refractivity contribution in [2.45, 2.75) is 38.6 Å². The van der Waals surface area contributed by atoms with Crippen molar-refractivity contribution in [1.82, 2.24) is 14.7 Å². The van der Waals surface area contributed by atoms with Gasteiger partial charge in [-0.1, -0.05) is 19.1 Å². The lowest BCUT2D eigenvalue weighted by Crippen LogP contribution is -2.31. The third-order valence-corrected chi connectivity index (χ3v) is 5.39. The second-order valence-corrected chi connectivity index (χ2v) is 7.35. The van der Waals surface area contributed by atoms with E-state index in [4.69, 9.17) is 10.1 Å². The Morgan fingerprint density at radius 3 is 2.70 bits per heavy atom. The quantitative estimate of drug-likeness (QED) is 0.850. The van der Waals surface area contributed by atoms with Crippen LogP contribution in [0.1, 0.15) is 44.2 Å². The lowest BCUT2D eigenvalue weighted by molar-refractivity contribution is 0.213. The monoisotopic (exact) mass is 310 g/mol. The molecule has 0 N–H and O–H groups in total. The molecule has 0 aliphatic carbocycles. The minimum Gasteiger partial charge on any atom is -0.306 e. The molecule has 1 aromatic carbocycles. The number of fused-ring (bicyclic) bond motifs is 1. The largest absolute Gasteiger partial charge is 0.306 e. The minimum atomic E-state index is 0.551. The van der Waals surface area contributed by atoms with Gasteiger partial charge in [0.05, 0.1) is 11.6 Å². The second-order valence-electron chi connectivity index (χ2n) is 7.35. The smallest absolute Gasteiger partial charge is 0.0930 e. The highest BCUT2D eigenvalue weighted by Crippen LogP contribution is 2.25. The highest BCUT2D eigenvalue weighted by atomic mass is 15.3. The maximum absolute atomic E-state index is 4.88. The zero-order valence-corrected chi connectivity index (χ0v) is 14.2. The Labute approximate surface area is 138 Å². The molecule has 0 bridgehead atoms. The van der Waals surface area contributed by atoms with Crippen molar-refractivity contribution in [3.8, 4) is 0 Å². The summed E-state index contributed by atoms with van der Waals surface area (Å²) in [5.74, 6) is 0.728. The standard InChI is InChI=1S/C19H26N4/c1-14-3-6-18(20-12-14)15-4-5-16-13-23(21-19(16)11-15)17-7-9-22(2)10-8-17/h4-5,11,13-14,17H,3,6-10,12H2,1-2H3/t14-/m0/s1. The van der Waals surface area contributed by atoms with Gasteiger partial charge in [-0.25, -0.2) is 0 Å². The Morgan fingerprint density at radius 1 is 1.13 bits per heavy atom. The molecule has 3 heterocycles. The number of aromatic nitrogens is 2. The van der Waals surface area contributed by atoms with Gasteiger partial charge in [0.1, 0.15) is 0 Å². The van der Waals surface area contributed by atoms with E-state index in [1.54, 1.807) is 0 Å². The molecule has 1 fully saturated rings. The molecule has 4 heteroatoms. The molecule has 1 aromatic heterocycles. The lowest BCUT2D eigenvalue weighted by Gasteiger charge is -2.28. The maximum atomic E-state index is 4.88. The summed E-state index contributed by atoms with van der Waals surface area (Å²) < 4.78 is 2.20. The summed E-state index contributed by atoms with van der Waals surface area (Å²) in [5, 5.41) is 6.12. The molecule has 0 spiro atoms. The Hall–Kier alpha value is -1.68. The van der Waals surface area contributed by atoms with Crippen LogP contribution in [0.3, 0.4) is 0 Å². The summed E-state index contributed by atoms with van der Waals surface area (Å²) in [6.45, 7) is 5.59. The van der Waals surface area contributed by atoms with E-state index in [1.165, 1.54) is 49.0 Å². The zero-order valence-electron chi connectivity index (χ0n) is 14.2. The van der Waals surface area contributed by atoms with Crippen LogP contribution in [0.2, 0.25) is 0 Å². The number of aliphatic imine (C=N–C) groups is 1. The van der Waals surface area contributed by atoms with Gasteiger partial charge in [-0.05, 0) is 63.4 Å². The van der Waals surface area contributed by atoms with Crippen LogP contribution in [0.25, 0.3) is 10.9 Å². The predicted octanol–water partition coefficient (Wildman–Crippen LogP) is 3.52. The third kappa shape index (κ3) is 3.05. The van der Waals surface area contributed by atoms with Crippen LogP contribution in [0.5, 0.6) is 0 Å². The van der Waals surface area contributed by atoms with Crippen LogP contribution >= 0.6 is 0 Å². The first kappa shape index (κ1) is 14.9. The van der Waals surface area contributed by atoms with Crippen LogP contribution < -0.4 is 0 Å². The Kier molecular flexibility index (Phi) is 3.93. The van der Waals surface area contributed by atoms with Crippen LogP contribution in [0, 0.1) is 5.92 Å². The maximum Gasteiger partial charge on any atom is 0.0930 e. The summed E-state index contributed by atoms with van der Waals surface area (Å²) in [4.78, 5) is 7.17. The molecule has 23 heavy (non-hydrogen) atoms. The van der Waals surface area contributed by atoms with E-state index < -0.39 is 0 Å². The number of benzene rings is 1. The van der Waals surface area contributed by atoms with Gasteiger partial charge in [0.25, 0.3) is 0 Å². The van der Waals surface area contributed by atoms with E-state index >= 15 is 0 Å². The highest BCUT2D eigenvalue weighted by Gasteiger charge is 2.20. The first-order chi connectivity index (χ1) is 11.2. The molecule has 0 saturated carbocycles. The topological polar surface area (TPSA) is 33.4 Å². The normalized spacial score (nSPS) is 24.1. The van der Waals surface area contributed by atoms with Gasteiger partial charge in [0, 0.05) is 23.8 Å². The molecule has 1 saturated heterocycles. The predicted molar refractivity (Wildman–Crippen MR) is 95.3 cm³/mol. The van der Waals surface area contributed by atoms with Crippen LogP contribution in [0.15, 0.2) is 29.4 Å². The Morgan fingerprint density at radius 2 is 1.96 bits per heavy atom. The molecule has 2 aliphatic rings. The summed E-state index contributed by atoms with van der Waals surface area (Å²) in [6.07, 6.45) is 6.97. The van der Waals surface area contributed by atoms with Gasteiger partial charge in [0.2, 0.25) is 0 Å². The summed E-state index contributed by atoms with van der Waals surface area (Å²) in [6, 6.07) is 7.21. The Balaban J connectivity index is 1.60. The van der Waals surface area contributed by atoms with Gasteiger partial charge < -0.3 is 4.90 Å². The molecular weight excluding hydrogens is 284 g/mol. The minimum absolute atomic E-state index is 0.551. The SMILES string of the molecule is C[C@H]1CCC(c2ccc3cn(C4CCN(C)CC4)nc3c2)=NC1. The molecule has 122 valence electrons. The Bertz CT molecular complexity index is 722. The molecule has 0 unspecified atom stereocenters. The van der Waals surface area contributed by atoms with E-state index in [2.05, 4.69) is 47.9 Å². The van der Waals surface area contributed by atoms with Gasteiger partial charge in [-0.2, -0.15) is 5.10 Å². The lowest BCUT2D eigenvalue weighted by atomic mass is 9.95. The number of hydrogen-bond donors (Lipinski definition) is 0. The summed E-state index contributed by atoms with van der Waals surface area (Å²) in [5.41, 5.74) is 3.64. The van der Waals surface area contributed by atoms with Gasteiger partial charge in [-0.3, -0.25) is 9.67 Å². The van der Waals surface area contributed by atoms with Gasteiger partial charge >= 0.3 is 0 Å². The van der Waals surface area contributed by atoms with Crippen molar-refractivity contribution < 1.29 is 0 Å². The molecule has 4 rings (SSSR count). The van der Waals surface area contributed by atoms with Gasteiger partial charge in [-0.15, -0.1) is 0 Å². The fourth-order valence-corrected chi connectivity index (χ4v) is 3.72. The van der Waals surface area contributed by atoms with Crippen molar-refractivity contribution in [3.63, 3.8) is 0 Å². The van der Waals surface area contributed by atoms with Crippen LogP contribution in [0.4, 0.5) is 0 Å². The zero-order chi connectivity index (χ0) is 15.8. The third-order valence-electron chi connectivity index (χ3n) is 5.39. The summed E-state index contributed by atoms with van der Waals surface area (Å²) >= 11 is 0. The molecule has 1 atom stereocenters. The number of nitrogens with zero attached hydrogens (tertiary/aromatic N) is 4. The number of rotatable bonds is 2. The second kappa shape index (κ2) is 6.08. The average Bonchev–Trinajstić information content (AvgIpc) is 2.99. The first-order valence-corrected chi connectivity index (χ1v) is 8.90. The molecule has 2 aliphatic heterocycles. The van der Waals surface area contributed by atoms with Crippen molar-refractivity contribution in [1.29, 1.82) is 0 Å². The first-order valence-electron chi connectivity index (χ1n) is 8.90. The average molecular weight is 310 g/mol. The van der Waals surface area contributed by atoms with E-state index in [0.717, 1.165) is 24.4 Å². The number of hydrogen-bond acceptors (Lipinski definition) is 3. The van der Waals surface area contributed by atoms with Gasteiger partial charge in [0.15, 0.2) is 0 Å². The van der Waals surface area contributed by atoms with E-state index in [-0.39, 0.29) is 0 Å². The van der Waals surface area contributed by atoms with E-state index in [0.29, 0.717) is 6.04 Å². The van der Waals surface area contributed by atoms with E-state index in [9.17, 15) is 0 Å². The van der Waals surface area contributed by atoms with Crippen LogP contribution in [-0.4, -0.2) is 47.1 Å². The number of likely N-dealkylation sites (tertiary alicyclic amines) is 1. The number of piperidine rings is 1. The fourth-order valence-electron chi connectivity index (χ4n) is 3.72.